The third-order valence-electron chi connectivity index (χ3n) is 1.77. The highest BCUT2D eigenvalue weighted by molar-refractivity contribution is 8.25. The summed E-state index contributed by atoms with van der Waals surface area (Å²) in [5.41, 5.74) is 0.525. The van der Waals surface area contributed by atoms with Crippen LogP contribution in [-0.4, -0.2) is 27.4 Å². The van der Waals surface area contributed by atoms with Crippen molar-refractivity contribution in [1.82, 2.24) is 0 Å². The van der Waals surface area contributed by atoms with Gasteiger partial charge in [0.2, 0.25) is 3.79 Å². The normalized spacial score (nSPS) is 27.6. The number of alkyl halides is 3. The van der Waals surface area contributed by atoms with Crippen LogP contribution in [-0.2, 0) is 9.53 Å². The average molecular weight is 292 g/mol. The second-order valence-electron chi connectivity index (χ2n) is 2.73. The molecule has 2 heterocycles. The molecule has 7 heteroatoms. The Morgan fingerprint density at radius 2 is 1.86 bits per heavy atom. The summed E-state index contributed by atoms with van der Waals surface area (Å²) in [5, 5.41) is 0. The van der Waals surface area contributed by atoms with Crippen molar-refractivity contribution in [1.29, 1.82) is 0 Å². The van der Waals surface area contributed by atoms with Gasteiger partial charge < -0.3 is 4.74 Å². The van der Waals surface area contributed by atoms with Gasteiger partial charge in [-0.2, -0.15) is 0 Å². The van der Waals surface area contributed by atoms with Gasteiger partial charge in [0.25, 0.3) is 0 Å². The summed E-state index contributed by atoms with van der Waals surface area (Å²) in [6.07, 6.45) is -0.701. The first-order valence-electron chi connectivity index (χ1n) is 3.77. The van der Waals surface area contributed by atoms with Crippen LogP contribution < -0.4 is 0 Å². The van der Waals surface area contributed by atoms with E-state index >= 15 is 0 Å². The number of hydrogen-bond donors (Lipinski definition) is 0. The second-order valence-corrected chi connectivity index (χ2v) is 7.56. The Morgan fingerprint density at radius 3 is 2.29 bits per heavy atom. The monoisotopic (exact) mass is 290 g/mol. The third-order valence-corrected chi connectivity index (χ3v) is 5.11. The molecular formula is C7H5Cl3O2S2. The van der Waals surface area contributed by atoms with Crippen LogP contribution in [0.3, 0.4) is 0 Å². The van der Waals surface area contributed by atoms with E-state index in [9.17, 15) is 4.79 Å². The number of ether oxygens (including phenoxy) is 1. The molecular weight excluding hydrogens is 287 g/mol. The van der Waals surface area contributed by atoms with E-state index in [0.29, 0.717) is 5.57 Å². The van der Waals surface area contributed by atoms with E-state index < -0.39 is 9.90 Å². The molecule has 2 saturated heterocycles. The largest absolute Gasteiger partial charge is 0.449 e. The Balaban J connectivity index is 2.25. The Labute approximate surface area is 105 Å². The number of cyclic esters (lactones) is 1. The highest BCUT2D eigenvalue weighted by Crippen LogP contribution is 2.49. The summed E-state index contributed by atoms with van der Waals surface area (Å²) in [6, 6.07) is 0. The molecule has 0 aromatic carbocycles. The minimum absolute atomic E-state index is 0.363. The highest BCUT2D eigenvalue weighted by Gasteiger charge is 2.51. The number of thioether (sulfide) groups is 2. The van der Waals surface area contributed by atoms with Crippen molar-refractivity contribution in [2.24, 2.45) is 0 Å². The molecule has 0 aromatic heterocycles. The average Bonchev–Trinajstić information content (AvgIpc) is 2.50. The van der Waals surface area contributed by atoms with Crippen LogP contribution >= 0.6 is 58.3 Å². The molecule has 1 unspecified atom stereocenters. The van der Waals surface area contributed by atoms with Gasteiger partial charge in [-0.25, -0.2) is 4.79 Å². The smallest absolute Gasteiger partial charge is 0.340 e. The molecule has 0 aromatic rings. The zero-order chi connectivity index (χ0) is 10.3. The fourth-order valence-electron chi connectivity index (χ4n) is 1.17. The molecule has 2 rings (SSSR count). The number of carbonyl (C=O) groups excluding carboxylic acids is 1. The van der Waals surface area contributed by atoms with Gasteiger partial charge in [-0.1, -0.05) is 34.8 Å². The van der Waals surface area contributed by atoms with Crippen molar-refractivity contribution < 1.29 is 9.53 Å². The number of rotatable bonds is 0. The van der Waals surface area contributed by atoms with Crippen LogP contribution in [0.5, 0.6) is 0 Å². The van der Waals surface area contributed by atoms with Gasteiger partial charge in [0, 0.05) is 11.5 Å². The molecule has 14 heavy (non-hydrogen) atoms. The van der Waals surface area contributed by atoms with Crippen LogP contribution in [0.15, 0.2) is 9.81 Å². The quantitative estimate of drug-likeness (QED) is 0.389. The minimum Gasteiger partial charge on any atom is -0.449 e. The first-order chi connectivity index (χ1) is 6.50. The zero-order valence-corrected chi connectivity index (χ0v) is 10.7. The first kappa shape index (κ1) is 11.3. The van der Waals surface area contributed by atoms with Crippen molar-refractivity contribution in [2.45, 2.75) is 9.90 Å². The molecule has 2 aliphatic rings. The van der Waals surface area contributed by atoms with Gasteiger partial charge in [0.1, 0.15) is 5.57 Å². The standard InChI is InChI=1S/C7H5Cl3O2S2/c8-7(9,10)4-3(5(11)12-4)6-13-1-2-14-6/h4H,1-2H2. The lowest BCUT2D eigenvalue weighted by atomic mass is 10.1. The van der Waals surface area contributed by atoms with Gasteiger partial charge in [0.15, 0.2) is 6.10 Å². The van der Waals surface area contributed by atoms with E-state index in [4.69, 9.17) is 39.5 Å². The van der Waals surface area contributed by atoms with Crippen molar-refractivity contribution in [3.8, 4) is 0 Å². The van der Waals surface area contributed by atoms with Gasteiger partial charge in [-0.05, 0) is 0 Å². The lowest BCUT2D eigenvalue weighted by Crippen LogP contribution is -2.46. The van der Waals surface area contributed by atoms with E-state index in [-0.39, 0.29) is 5.97 Å². The lowest BCUT2D eigenvalue weighted by Gasteiger charge is -2.34. The molecule has 0 N–H and O–H groups in total. The van der Waals surface area contributed by atoms with E-state index in [2.05, 4.69) is 0 Å². The van der Waals surface area contributed by atoms with Gasteiger partial charge in [-0.3, -0.25) is 0 Å². The van der Waals surface area contributed by atoms with Gasteiger partial charge in [0.05, 0.1) is 4.24 Å². The predicted octanol–water partition coefficient (Wildman–Crippen LogP) is 2.97. The molecule has 1 atom stereocenters. The predicted molar refractivity (Wildman–Crippen MR) is 62.1 cm³/mol. The molecule has 0 radical (unpaired) electrons. The zero-order valence-electron chi connectivity index (χ0n) is 6.76. The van der Waals surface area contributed by atoms with Gasteiger partial charge >= 0.3 is 5.97 Å². The van der Waals surface area contributed by atoms with Crippen LogP contribution in [0.1, 0.15) is 0 Å². The van der Waals surface area contributed by atoms with Crippen LogP contribution in [0.4, 0.5) is 0 Å². The molecule has 0 bridgehead atoms. The van der Waals surface area contributed by atoms with Crippen LogP contribution in [0, 0.1) is 0 Å². The topological polar surface area (TPSA) is 26.3 Å². The maximum absolute atomic E-state index is 11.2. The summed E-state index contributed by atoms with van der Waals surface area (Å²) in [6.45, 7) is 0. The van der Waals surface area contributed by atoms with E-state index in [1.807, 2.05) is 0 Å². The highest BCUT2D eigenvalue weighted by atomic mass is 35.6. The van der Waals surface area contributed by atoms with Crippen LogP contribution in [0.2, 0.25) is 0 Å². The molecule has 0 spiro atoms. The molecule has 0 saturated carbocycles. The molecule has 2 fully saturated rings. The van der Waals surface area contributed by atoms with E-state index in [1.54, 1.807) is 23.5 Å². The van der Waals surface area contributed by atoms with Crippen molar-refractivity contribution in [2.75, 3.05) is 11.5 Å². The number of carbonyl (C=O) groups is 1. The Bertz CT molecular complexity index is 303. The molecule has 78 valence electrons. The Hall–Kier alpha value is 0.780. The fourth-order valence-corrected chi connectivity index (χ4v) is 4.19. The molecule has 0 amide bonds. The maximum Gasteiger partial charge on any atom is 0.340 e. The number of halogens is 3. The molecule has 2 aliphatic heterocycles. The summed E-state index contributed by atoms with van der Waals surface area (Å²) < 4.78 is 4.20. The number of esters is 1. The second kappa shape index (κ2) is 3.98. The first-order valence-corrected chi connectivity index (χ1v) is 6.88. The fraction of sp³-hybridized carbons (Fsp3) is 0.571. The minimum atomic E-state index is -1.56. The Morgan fingerprint density at radius 1 is 1.29 bits per heavy atom. The van der Waals surface area contributed by atoms with Crippen LogP contribution in [0.25, 0.3) is 0 Å². The summed E-state index contributed by atoms with van der Waals surface area (Å²) in [4.78, 5) is 11.2. The SMILES string of the molecule is O=C1OC(C(Cl)(Cl)Cl)C1=C1SCCS1. The summed E-state index contributed by atoms with van der Waals surface area (Å²) in [5.74, 6) is 1.62. The van der Waals surface area contributed by atoms with E-state index in [1.165, 1.54) is 0 Å². The van der Waals surface area contributed by atoms with Crippen molar-refractivity contribution in [3.63, 3.8) is 0 Å². The molecule has 2 nitrogen and oxygen atoms in total. The van der Waals surface area contributed by atoms with Gasteiger partial charge in [-0.15, -0.1) is 23.5 Å². The van der Waals surface area contributed by atoms with Crippen molar-refractivity contribution in [3.05, 3.63) is 9.81 Å². The summed E-state index contributed by atoms with van der Waals surface area (Å²) in [7, 11) is 0. The van der Waals surface area contributed by atoms with E-state index in [0.717, 1.165) is 15.7 Å². The number of hydrogen-bond acceptors (Lipinski definition) is 4. The lowest BCUT2D eigenvalue weighted by molar-refractivity contribution is -0.155. The maximum atomic E-state index is 11.2. The third kappa shape index (κ3) is 2.00. The van der Waals surface area contributed by atoms with Crippen molar-refractivity contribution >= 4 is 64.3 Å². The Kier molecular flexibility index (Phi) is 3.20. The molecule has 0 aliphatic carbocycles. The summed E-state index contributed by atoms with van der Waals surface area (Å²) >= 11 is 20.3.